The van der Waals surface area contributed by atoms with E-state index < -0.39 is 0 Å². The van der Waals surface area contributed by atoms with Crippen LogP contribution in [0.2, 0.25) is 0 Å². The van der Waals surface area contributed by atoms with Crippen LogP contribution in [0.5, 0.6) is 0 Å². The number of anilines is 1. The molecule has 2 saturated heterocycles. The van der Waals surface area contributed by atoms with Crippen LogP contribution in [0.1, 0.15) is 51.5 Å². The van der Waals surface area contributed by atoms with Gasteiger partial charge in [0.25, 0.3) is 0 Å². The van der Waals surface area contributed by atoms with Gasteiger partial charge in [-0.2, -0.15) is 0 Å². The first-order valence-corrected chi connectivity index (χ1v) is 9.53. The first kappa shape index (κ1) is 23.2. The van der Waals surface area contributed by atoms with Crippen LogP contribution in [0.25, 0.3) is 0 Å². The van der Waals surface area contributed by atoms with E-state index >= 15 is 0 Å². The lowest BCUT2D eigenvalue weighted by Gasteiger charge is -2.28. The maximum Gasteiger partial charge on any atom is 0.224 e. The predicted molar refractivity (Wildman–Crippen MR) is 113 cm³/mol. The molecule has 1 amide bonds. The van der Waals surface area contributed by atoms with E-state index in [-0.39, 0.29) is 30.7 Å². The number of fused-ring (bicyclic) bond motifs is 2. The van der Waals surface area contributed by atoms with E-state index in [0.717, 1.165) is 38.2 Å². The smallest absolute Gasteiger partial charge is 0.224 e. The third kappa shape index (κ3) is 6.41. The van der Waals surface area contributed by atoms with E-state index in [9.17, 15) is 4.79 Å². The zero-order valence-electron chi connectivity index (χ0n) is 15.9. The Morgan fingerprint density at radius 3 is 2.42 bits per heavy atom. The van der Waals surface area contributed by atoms with Gasteiger partial charge in [-0.3, -0.25) is 9.69 Å². The summed E-state index contributed by atoms with van der Waals surface area (Å²) in [6.07, 6.45) is 5.55. The zero-order valence-corrected chi connectivity index (χ0v) is 17.5. The molecule has 4 nitrogen and oxygen atoms in total. The highest BCUT2D eigenvalue weighted by atomic mass is 35.5. The average Bonchev–Trinajstić information content (AvgIpc) is 2.91. The van der Waals surface area contributed by atoms with Gasteiger partial charge in [0.1, 0.15) is 0 Å². The van der Waals surface area contributed by atoms with Crippen molar-refractivity contribution in [3.8, 4) is 0 Å². The van der Waals surface area contributed by atoms with E-state index in [2.05, 4.69) is 41.5 Å². The van der Waals surface area contributed by atoms with E-state index in [1.165, 1.54) is 18.4 Å². The number of halogens is 2. The lowest BCUT2D eigenvalue weighted by atomic mass is 9.89. The number of hydrogen-bond acceptors (Lipinski definition) is 3. The van der Waals surface area contributed by atoms with Crippen molar-refractivity contribution in [2.24, 2.45) is 5.92 Å². The minimum Gasteiger partial charge on any atom is -0.326 e. The van der Waals surface area contributed by atoms with Gasteiger partial charge in [-0.05, 0) is 62.4 Å². The van der Waals surface area contributed by atoms with E-state index in [0.29, 0.717) is 24.4 Å². The molecule has 2 atom stereocenters. The minimum absolute atomic E-state index is 0. The maximum absolute atomic E-state index is 12.4. The van der Waals surface area contributed by atoms with Gasteiger partial charge in [0.2, 0.25) is 5.91 Å². The van der Waals surface area contributed by atoms with Crippen molar-refractivity contribution in [3.63, 3.8) is 0 Å². The summed E-state index contributed by atoms with van der Waals surface area (Å²) in [4.78, 5) is 14.8. The Morgan fingerprint density at radius 1 is 1.15 bits per heavy atom. The average molecular weight is 402 g/mol. The number of nitrogens with zero attached hydrogens (tertiary/aromatic N) is 1. The summed E-state index contributed by atoms with van der Waals surface area (Å²) in [7, 11) is 0. The molecule has 0 aliphatic carbocycles. The lowest BCUT2D eigenvalue weighted by Crippen LogP contribution is -2.39. The van der Waals surface area contributed by atoms with Gasteiger partial charge in [0.05, 0.1) is 0 Å². The van der Waals surface area contributed by atoms with Gasteiger partial charge in [0, 0.05) is 30.7 Å². The van der Waals surface area contributed by atoms with E-state index in [4.69, 9.17) is 0 Å². The first-order chi connectivity index (χ1) is 11.7. The van der Waals surface area contributed by atoms with Gasteiger partial charge in [-0.1, -0.05) is 26.0 Å². The van der Waals surface area contributed by atoms with Crippen molar-refractivity contribution in [1.29, 1.82) is 0 Å². The fourth-order valence-corrected chi connectivity index (χ4v) is 4.27. The van der Waals surface area contributed by atoms with Crippen molar-refractivity contribution in [1.82, 2.24) is 10.2 Å². The fraction of sp³-hybridized carbons (Fsp3) is 0.650. The van der Waals surface area contributed by atoms with Crippen molar-refractivity contribution in [2.75, 3.05) is 18.4 Å². The Bertz CT molecular complexity index is 554. The molecule has 148 valence electrons. The number of amides is 1. The van der Waals surface area contributed by atoms with Gasteiger partial charge in [-0.25, -0.2) is 0 Å². The monoisotopic (exact) mass is 401 g/mol. The van der Waals surface area contributed by atoms with Crippen molar-refractivity contribution >= 4 is 36.4 Å². The summed E-state index contributed by atoms with van der Waals surface area (Å²) in [6, 6.07) is 9.59. The molecule has 2 bridgehead atoms. The van der Waals surface area contributed by atoms with Gasteiger partial charge in [-0.15, -0.1) is 24.8 Å². The van der Waals surface area contributed by atoms with E-state index in [1.54, 1.807) is 0 Å². The number of benzene rings is 1. The van der Waals surface area contributed by atoms with Gasteiger partial charge >= 0.3 is 0 Å². The number of carbonyl (C=O) groups is 1. The molecule has 2 aliphatic heterocycles. The molecule has 0 radical (unpaired) electrons. The SMILES string of the molecule is CCN(CC)Cc1cccc(NC(=O)CC2CC3CCC(C2)N3)c1.Cl.Cl. The van der Waals surface area contributed by atoms with Crippen LogP contribution in [-0.4, -0.2) is 36.0 Å². The Morgan fingerprint density at radius 2 is 1.81 bits per heavy atom. The second-order valence-corrected chi connectivity index (χ2v) is 7.39. The van der Waals surface area contributed by atoms with E-state index in [1.807, 2.05) is 12.1 Å². The summed E-state index contributed by atoms with van der Waals surface area (Å²) >= 11 is 0. The highest BCUT2D eigenvalue weighted by Crippen LogP contribution is 2.32. The normalized spacial score (nSPS) is 23.9. The summed E-state index contributed by atoms with van der Waals surface area (Å²) in [6.45, 7) is 7.40. The molecule has 0 spiro atoms. The molecule has 0 saturated carbocycles. The molecule has 6 heteroatoms. The molecular weight excluding hydrogens is 369 g/mol. The first-order valence-electron chi connectivity index (χ1n) is 9.53. The van der Waals surface area contributed by atoms with Crippen LogP contribution in [0.3, 0.4) is 0 Å². The standard InChI is InChI=1S/C20H31N3O.2ClH/c1-3-23(4-2)14-15-6-5-7-17(10-15)22-20(24)13-16-11-18-8-9-19(12-16)21-18;;/h5-7,10,16,18-19,21H,3-4,8-9,11-14H2,1-2H3,(H,22,24);2*1H. The van der Waals surface area contributed by atoms with Crippen LogP contribution in [0.4, 0.5) is 5.69 Å². The molecule has 2 N–H and O–H groups in total. The number of hydrogen-bond donors (Lipinski definition) is 2. The van der Waals surface area contributed by atoms with Crippen LogP contribution < -0.4 is 10.6 Å². The summed E-state index contributed by atoms with van der Waals surface area (Å²) < 4.78 is 0. The Labute approximate surface area is 170 Å². The molecule has 2 heterocycles. The highest BCUT2D eigenvalue weighted by molar-refractivity contribution is 5.90. The van der Waals surface area contributed by atoms with Crippen LogP contribution in [0, 0.1) is 5.92 Å². The zero-order chi connectivity index (χ0) is 16.9. The summed E-state index contributed by atoms with van der Waals surface area (Å²) in [5, 5.41) is 6.75. The minimum atomic E-state index is 0. The Kier molecular flexibility index (Phi) is 9.94. The third-order valence-corrected chi connectivity index (χ3v) is 5.56. The molecule has 2 unspecified atom stereocenters. The molecule has 3 rings (SSSR count). The van der Waals surface area contributed by atoms with Crippen molar-refractivity contribution in [2.45, 2.75) is 64.6 Å². The van der Waals surface area contributed by atoms with Gasteiger partial charge in [0.15, 0.2) is 0 Å². The number of rotatable bonds is 7. The Hall–Kier alpha value is -0.810. The molecule has 0 aromatic heterocycles. The maximum atomic E-state index is 12.4. The molecule has 26 heavy (non-hydrogen) atoms. The molecule has 1 aromatic rings. The quantitative estimate of drug-likeness (QED) is 0.718. The van der Waals surface area contributed by atoms with Crippen LogP contribution in [-0.2, 0) is 11.3 Å². The number of piperidine rings is 1. The molecule has 2 fully saturated rings. The predicted octanol–water partition coefficient (Wildman–Crippen LogP) is 4.23. The second kappa shape index (κ2) is 11.1. The van der Waals surface area contributed by atoms with Crippen LogP contribution >= 0.6 is 24.8 Å². The molecular formula is C20H33Cl2N3O. The summed E-state index contributed by atoms with van der Waals surface area (Å²) in [5.41, 5.74) is 2.19. The van der Waals surface area contributed by atoms with Crippen molar-refractivity contribution in [3.05, 3.63) is 29.8 Å². The summed E-state index contributed by atoms with van der Waals surface area (Å²) in [5.74, 6) is 0.712. The largest absolute Gasteiger partial charge is 0.326 e. The highest BCUT2D eigenvalue weighted by Gasteiger charge is 2.34. The second-order valence-electron chi connectivity index (χ2n) is 7.39. The topological polar surface area (TPSA) is 44.4 Å². The van der Waals surface area contributed by atoms with Gasteiger partial charge < -0.3 is 10.6 Å². The Balaban J connectivity index is 0.00000169. The van der Waals surface area contributed by atoms with Crippen LogP contribution in [0.15, 0.2) is 24.3 Å². The molecule has 2 aliphatic rings. The van der Waals surface area contributed by atoms with Crippen molar-refractivity contribution < 1.29 is 4.79 Å². The fourth-order valence-electron chi connectivity index (χ4n) is 4.27. The number of carbonyl (C=O) groups excluding carboxylic acids is 1. The lowest BCUT2D eigenvalue weighted by molar-refractivity contribution is -0.117. The molecule has 1 aromatic carbocycles. The third-order valence-electron chi connectivity index (χ3n) is 5.56. The number of nitrogens with one attached hydrogen (secondary N) is 2.